The Morgan fingerprint density at radius 1 is 0.667 bits per heavy atom. The highest BCUT2D eigenvalue weighted by molar-refractivity contribution is 9.11. The van der Waals surface area contributed by atoms with Gasteiger partial charge in [-0.25, -0.2) is 0 Å². The minimum atomic E-state index is 0.222. The lowest BCUT2D eigenvalue weighted by Crippen LogP contribution is -1.80. The Morgan fingerprint density at radius 2 is 1.06 bits per heavy atom. The van der Waals surface area contributed by atoms with Crippen molar-refractivity contribution in [2.75, 3.05) is 0 Å². The standard InChI is InChI=1S/C14H8Br2O2/c15-13-9-6-8-2-4-12(18)14(16)10(8)5-7(9)1-3-11(13)17/h1-6,17-18H. The number of benzene rings is 3. The molecule has 0 atom stereocenters. The zero-order valence-electron chi connectivity index (χ0n) is 9.11. The molecule has 0 aliphatic heterocycles. The molecule has 90 valence electrons. The maximum absolute atomic E-state index is 9.69. The van der Waals surface area contributed by atoms with E-state index in [4.69, 9.17) is 0 Å². The Hall–Kier alpha value is -1.26. The smallest absolute Gasteiger partial charge is 0.130 e. The quantitative estimate of drug-likeness (QED) is 0.553. The number of phenols is 2. The van der Waals surface area contributed by atoms with Gasteiger partial charge in [-0.05, 0) is 66.9 Å². The van der Waals surface area contributed by atoms with Crippen LogP contribution < -0.4 is 0 Å². The third-order valence-electron chi connectivity index (χ3n) is 2.99. The normalized spacial score (nSPS) is 11.2. The van der Waals surface area contributed by atoms with Gasteiger partial charge < -0.3 is 10.2 Å². The van der Waals surface area contributed by atoms with Crippen molar-refractivity contribution in [3.8, 4) is 11.5 Å². The lowest BCUT2D eigenvalue weighted by Gasteiger charge is -2.08. The van der Waals surface area contributed by atoms with E-state index in [9.17, 15) is 10.2 Å². The Balaban J connectivity index is 2.51. The largest absolute Gasteiger partial charge is 0.507 e. The molecule has 0 saturated carbocycles. The Labute approximate surface area is 120 Å². The molecule has 0 aromatic heterocycles. The number of rotatable bonds is 0. The van der Waals surface area contributed by atoms with E-state index in [1.165, 1.54) is 0 Å². The molecule has 3 aromatic carbocycles. The highest BCUT2D eigenvalue weighted by atomic mass is 79.9. The molecule has 0 unspecified atom stereocenters. The van der Waals surface area contributed by atoms with Gasteiger partial charge in [0.1, 0.15) is 11.5 Å². The van der Waals surface area contributed by atoms with E-state index in [0.29, 0.717) is 8.95 Å². The number of fused-ring (bicyclic) bond motifs is 2. The van der Waals surface area contributed by atoms with Crippen LogP contribution in [0.1, 0.15) is 0 Å². The van der Waals surface area contributed by atoms with Crippen molar-refractivity contribution >= 4 is 53.4 Å². The van der Waals surface area contributed by atoms with Gasteiger partial charge in [-0.15, -0.1) is 0 Å². The van der Waals surface area contributed by atoms with Crippen molar-refractivity contribution in [1.82, 2.24) is 0 Å². The first-order valence-electron chi connectivity index (χ1n) is 5.30. The van der Waals surface area contributed by atoms with Gasteiger partial charge in [-0.1, -0.05) is 12.1 Å². The summed E-state index contributed by atoms with van der Waals surface area (Å²) in [6.07, 6.45) is 0. The summed E-state index contributed by atoms with van der Waals surface area (Å²) < 4.78 is 1.37. The van der Waals surface area contributed by atoms with Crippen molar-refractivity contribution < 1.29 is 10.2 Å². The average Bonchev–Trinajstić information content (AvgIpc) is 2.38. The van der Waals surface area contributed by atoms with Gasteiger partial charge in [0, 0.05) is 10.8 Å². The fourth-order valence-corrected chi connectivity index (χ4v) is 3.00. The molecule has 4 heteroatoms. The summed E-state index contributed by atoms with van der Waals surface area (Å²) in [5, 5.41) is 23.3. The first-order chi connectivity index (χ1) is 8.58. The molecule has 0 radical (unpaired) electrons. The van der Waals surface area contributed by atoms with Crippen molar-refractivity contribution in [1.29, 1.82) is 0 Å². The molecule has 0 amide bonds. The number of halogens is 2. The van der Waals surface area contributed by atoms with Crippen LogP contribution in [0.4, 0.5) is 0 Å². The SMILES string of the molecule is Oc1ccc2cc3c(Br)c(O)ccc3cc2c1Br. The van der Waals surface area contributed by atoms with E-state index in [0.717, 1.165) is 21.5 Å². The second-order valence-electron chi connectivity index (χ2n) is 4.09. The Kier molecular flexibility index (Phi) is 2.72. The molecule has 2 nitrogen and oxygen atoms in total. The minimum Gasteiger partial charge on any atom is -0.507 e. The summed E-state index contributed by atoms with van der Waals surface area (Å²) in [6, 6.07) is 11.0. The maximum Gasteiger partial charge on any atom is 0.130 e. The van der Waals surface area contributed by atoms with Crippen LogP contribution in [0.2, 0.25) is 0 Å². The van der Waals surface area contributed by atoms with Crippen molar-refractivity contribution in [3.63, 3.8) is 0 Å². The van der Waals surface area contributed by atoms with E-state index in [1.807, 2.05) is 24.3 Å². The van der Waals surface area contributed by atoms with Crippen molar-refractivity contribution in [3.05, 3.63) is 45.3 Å². The van der Waals surface area contributed by atoms with Crippen LogP contribution in [0, 0.1) is 0 Å². The summed E-state index contributed by atoms with van der Waals surface area (Å²) >= 11 is 6.78. The molecule has 2 N–H and O–H groups in total. The van der Waals surface area contributed by atoms with Crippen LogP contribution >= 0.6 is 31.9 Å². The van der Waals surface area contributed by atoms with Crippen LogP contribution in [0.25, 0.3) is 21.5 Å². The highest BCUT2D eigenvalue weighted by Gasteiger charge is 2.09. The fraction of sp³-hybridized carbons (Fsp3) is 0. The number of hydrogen-bond acceptors (Lipinski definition) is 2. The zero-order chi connectivity index (χ0) is 12.9. The number of aromatic hydroxyl groups is 2. The molecule has 0 aliphatic carbocycles. The molecule has 0 saturated heterocycles. The van der Waals surface area contributed by atoms with Crippen molar-refractivity contribution in [2.24, 2.45) is 0 Å². The number of hydrogen-bond donors (Lipinski definition) is 2. The minimum absolute atomic E-state index is 0.222. The summed E-state index contributed by atoms with van der Waals surface area (Å²) in [6.45, 7) is 0. The molecule has 18 heavy (non-hydrogen) atoms. The molecular weight excluding hydrogens is 360 g/mol. The summed E-state index contributed by atoms with van der Waals surface area (Å²) in [7, 11) is 0. The summed E-state index contributed by atoms with van der Waals surface area (Å²) in [5.41, 5.74) is 0. The fourth-order valence-electron chi connectivity index (χ4n) is 2.05. The molecule has 3 rings (SSSR count). The van der Waals surface area contributed by atoms with Gasteiger partial charge in [0.2, 0.25) is 0 Å². The molecule has 0 bridgehead atoms. The average molecular weight is 368 g/mol. The lowest BCUT2D eigenvalue weighted by molar-refractivity contribution is 0.472. The van der Waals surface area contributed by atoms with E-state index >= 15 is 0 Å². The lowest BCUT2D eigenvalue weighted by atomic mass is 10.0. The molecule has 0 aliphatic rings. The molecule has 0 spiro atoms. The van der Waals surface area contributed by atoms with Crippen LogP contribution in [0.5, 0.6) is 11.5 Å². The monoisotopic (exact) mass is 366 g/mol. The van der Waals surface area contributed by atoms with Crippen LogP contribution in [0.3, 0.4) is 0 Å². The van der Waals surface area contributed by atoms with Gasteiger partial charge in [0.05, 0.1) is 8.95 Å². The maximum atomic E-state index is 9.69. The van der Waals surface area contributed by atoms with Gasteiger partial charge in [0.25, 0.3) is 0 Å². The first kappa shape index (κ1) is 11.8. The highest BCUT2D eigenvalue weighted by Crippen LogP contribution is 2.38. The topological polar surface area (TPSA) is 40.5 Å². The Bertz CT molecular complexity index is 714. The first-order valence-corrected chi connectivity index (χ1v) is 6.89. The number of phenolic OH excluding ortho intramolecular Hbond substituents is 2. The predicted octanol–water partition coefficient (Wildman–Crippen LogP) is 4.93. The van der Waals surface area contributed by atoms with E-state index < -0.39 is 0 Å². The molecule has 3 aromatic rings. The second-order valence-corrected chi connectivity index (χ2v) is 5.68. The van der Waals surface area contributed by atoms with E-state index in [1.54, 1.807) is 12.1 Å². The predicted molar refractivity (Wildman–Crippen MR) is 80.2 cm³/mol. The van der Waals surface area contributed by atoms with Gasteiger partial charge in [0.15, 0.2) is 0 Å². The van der Waals surface area contributed by atoms with Gasteiger partial charge in [-0.3, -0.25) is 0 Å². The Morgan fingerprint density at radius 3 is 1.44 bits per heavy atom. The zero-order valence-corrected chi connectivity index (χ0v) is 12.3. The molecular formula is C14H8Br2O2. The van der Waals surface area contributed by atoms with Crippen LogP contribution in [-0.4, -0.2) is 10.2 Å². The van der Waals surface area contributed by atoms with E-state index in [-0.39, 0.29) is 11.5 Å². The molecule has 0 heterocycles. The van der Waals surface area contributed by atoms with Crippen LogP contribution in [0.15, 0.2) is 45.3 Å². The second kappa shape index (κ2) is 4.14. The third kappa shape index (κ3) is 1.68. The van der Waals surface area contributed by atoms with Gasteiger partial charge in [-0.2, -0.15) is 0 Å². The molecule has 0 fully saturated rings. The third-order valence-corrected chi connectivity index (χ3v) is 4.65. The van der Waals surface area contributed by atoms with Crippen molar-refractivity contribution in [2.45, 2.75) is 0 Å². The van der Waals surface area contributed by atoms with Crippen LogP contribution in [-0.2, 0) is 0 Å². The summed E-state index contributed by atoms with van der Waals surface area (Å²) in [5.74, 6) is 0.444. The van der Waals surface area contributed by atoms with Gasteiger partial charge >= 0.3 is 0 Å². The van der Waals surface area contributed by atoms with E-state index in [2.05, 4.69) is 31.9 Å². The summed E-state index contributed by atoms with van der Waals surface area (Å²) in [4.78, 5) is 0.